The second kappa shape index (κ2) is 4.33. The molecule has 1 aliphatic rings. The third-order valence-electron chi connectivity index (χ3n) is 2.16. The summed E-state index contributed by atoms with van der Waals surface area (Å²) in [6.07, 6.45) is 0.970. The van der Waals surface area contributed by atoms with E-state index in [2.05, 4.69) is 5.32 Å². The van der Waals surface area contributed by atoms with Gasteiger partial charge in [-0.25, -0.2) is 0 Å². The van der Waals surface area contributed by atoms with E-state index >= 15 is 0 Å². The molecule has 1 amide bonds. The number of hydrogen-bond acceptors (Lipinski definition) is 3. The number of nitrogens with one attached hydrogen (secondary N) is 1. The highest BCUT2D eigenvalue weighted by Crippen LogP contribution is 2.23. The lowest BCUT2D eigenvalue weighted by atomic mass is 10.0. The molecule has 0 aromatic heterocycles. The summed E-state index contributed by atoms with van der Waals surface area (Å²) in [6.45, 7) is 3.64. The lowest BCUT2D eigenvalue weighted by molar-refractivity contribution is -0.126. The van der Waals surface area contributed by atoms with E-state index in [9.17, 15) is 4.79 Å². The van der Waals surface area contributed by atoms with Gasteiger partial charge in [0.15, 0.2) is 0 Å². The van der Waals surface area contributed by atoms with E-state index in [1.807, 2.05) is 25.6 Å². The highest BCUT2D eigenvalue weighted by atomic mass is 32.2. The fraction of sp³-hybridized carbons (Fsp3) is 0.889. The molecule has 1 aliphatic heterocycles. The maximum absolute atomic E-state index is 11.6. The van der Waals surface area contributed by atoms with Gasteiger partial charge < -0.3 is 10.4 Å². The van der Waals surface area contributed by atoms with Crippen molar-refractivity contribution in [1.29, 1.82) is 0 Å². The molecule has 1 atom stereocenters. The summed E-state index contributed by atoms with van der Waals surface area (Å²) in [5.74, 6) is 2.24. The van der Waals surface area contributed by atoms with Crippen molar-refractivity contribution in [2.24, 2.45) is 5.92 Å². The van der Waals surface area contributed by atoms with Gasteiger partial charge in [-0.1, -0.05) is 0 Å². The molecule has 1 saturated heterocycles. The quantitative estimate of drug-likeness (QED) is 0.707. The van der Waals surface area contributed by atoms with Crippen LogP contribution in [0.25, 0.3) is 0 Å². The predicted molar refractivity (Wildman–Crippen MR) is 54.7 cm³/mol. The molecule has 0 bridgehead atoms. The Hall–Kier alpha value is -0.220. The molecule has 1 heterocycles. The number of hydrogen-bond donors (Lipinski definition) is 2. The molecule has 13 heavy (non-hydrogen) atoms. The van der Waals surface area contributed by atoms with Crippen LogP contribution in [0.15, 0.2) is 0 Å². The molecular formula is C9H17NO2S. The van der Waals surface area contributed by atoms with E-state index in [4.69, 9.17) is 5.11 Å². The van der Waals surface area contributed by atoms with Crippen LogP contribution in [0.4, 0.5) is 0 Å². The Balaban J connectivity index is 2.40. The van der Waals surface area contributed by atoms with Crippen molar-refractivity contribution in [3.05, 3.63) is 0 Å². The van der Waals surface area contributed by atoms with Gasteiger partial charge >= 0.3 is 0 Å². The normalized spacial score (nSPS) is 23.2. The summed E-state index contributed by atoms with van der Waals surface area (Å²) >= 11 is 1.82. The van der Waals surface area contributed by atoms with Crippen molar-refractivity contribution in [3.63, 3.8) is 0 Å². The van der Waals surface area contributed by atoms with E-state index < -0.39 is 5.54 Å². The minimum Gasteiger partial charge on any atom is -0.394 e. The van der Waals surface area contributed by atoms with E-state index in [1.54, 1.807) is 0 Å². The molecule has 1 rings (SSSR count). The fourth-order valence-corrected chi connectivity index (χ4v) is 2.44. The standard InChI is InChI=1S/C9H17NO2S/c1-9(2,6-11)10-8(12)7-3-4-13-5-7/h7,11H,3-6H2,1-2H3,(H,10,12). The molecule has 1 unspecified atom stereocenters. The molecule has 76 valence electrons. The van der Waals surface area contributed by atoms with Crippen LogP contribution in [0.2, 0.25) is 0 Å². The average Bonchev–Trinajstić information content (AvgIpc) is 2.55. The van der Waals surface area contributed by atoms with Gasteiger partial charge in [0.05, 0.1) is 12.1 Å². The number of aliphatic hydroxyl groups excluding tert-OH is 1. The minimum atomic E-state index is -0.482. The van der Waals surface area contributed by atoms with E-state index in [1.165, 1.54) is 0 Å². The van der Waals surface area contributed by atoms with Gasteiger partial charge in [0.25, 0.3) is 0 Å². The van der Waals surface area contributed by atoms with Crippen molar-refractivity contribution in [2.45, 2.75) is 25.8 Å². The van der Waals surface area contributed by atoms with Gasteiger partial charge in [-0.15, -0.1) is 0 Å². The molecule has 0 aromatic rings. The highest BCUT2D eigenvalue weighted by molar-refractivity contribution is 7.99. The van der Waals surface area contributed by atoms with Crippen molar-refractivity contribution in [2.75, 3.05) is 18.1 Å². The van der Waals surface area contributed by atoms with E-state index in [0.29, 0.717) is 0 Å². The van der Waals surface area contributed by atoms with E-state index in [-0.39, 0.29) is 18.4 Å². The number of amides is 1. The summed E-state index contributed by atoms with van der Waals surface area (Å²) in [5, 5.41) is 11.8. The Labute approximate surface area is 83.3 Å². The zero-order valence-corrected chi connectivity index (χ0v) is 8.99. The second-order valence-electron chi connectivity index (χ2n) is 4.09. The third-order valence-corrected chi connectivity index (χ3v) is 3.32. The van der Waals surface area contributed by atoms with Crippen LogP contribution >= 0.6 is 11.8 Å². The number of carbonyl (C=O) groups excluding carboxylic acids is 1. The molecule has 0 aromatic carbocycles. The Kier molecular flexibility index (Phi) is 3.62. The van der Waals surface area contributed by atoms with Crippen molar-refractivity contribution in [1.82, 2.24) is 5.32 Å². The molecule has 0 saturated carbocycles. The van der Waals surface area contributed by atoms with Crippen LogP contribution in [0.1, 0.15) is 20.3 Å². The molecule has 0 aliphatic carbocycles. The maximum Gasteiger partial charge on any atom is 0.224 e. The number of thioether (sulfide) groups is 1. The largest absolute Gasteiger partial charge is 0.394 e. The van der Waals surface area contributed by atoms with Crippen LogP contribution in [-0.2, 0) is 4.79 Å². The summed E-state index contributed by atoms with van der Waals surface area (Å²) < 4.78 is 0. The predicted octanol–water partition coefficient (Wildman–Crippen LogP) is 0.627. The zero-order valence-electron chi connectivity index (χ0n) is 8.17. The first kappa shape index (κ1) is 10.9. The Bertz CT molecular complexity index is 188. The summed E-state index contributed by atoms with van der Waals surface area (Å²) in [6, 6.07) is 0. The van der Waals surface area contributed by atoms with Crippen molar-refractivity contribution < 1.29 is 9.90 Å². The van der Waals surface area contributed by atoms with Gasteiger partial charge in [0.1, 0.15) is 0 Å². The van der Waals surface area contributed by atoms with Gasteiger partial charge in [-0.2, -0.15) is 11.8 Å². The molecule has 4 heteroatoms. The summed E-state index contributed by atoms with van der Waals surface area (Å²) in [7, 11) is 0. The van der Waals surface area contributed by atoms with Gasteiger partial charge in [0, 0.05) is 11.7 Å². The molecule has 1 fully saturated rings. The fourth-order valence-electron chi connectivity index (χ4n) is 1.22. The molecule has 0 radical (unpaired) electrons. The van der Waals surface area contributed by atoms with Gasteiger partial charge in [-0.3, -0.25) is 4.79 Å². The summed E-state index contributed by atoms with van der Waals surface area (Å²) in [4.78, 5) is 11.6. The van der Waals surface area contributed by atoms with Gasteiger partial charge in [0.2, 0.25) is 5.91 Å². The summed E-state index contributed by atoms with van der Waals surface area (Å²) in [5.41, 5.74) is -0.482. The van der Waals surface area contributed by atoms with Crippen LogP contribution in [-0.4, -0.2) is 34.7 Å². The van der Waals surface area contributed by atoms with Crippen LogP contribution in [0.5, 0.6) is 0 Å². The van der Waals surface area contributed by atoms with Crippen LogP contribution in [0.3, 0.4) is 0 Å². The number of aliphatic hydroxyl groups is 1. The third kappa shape index (κ3) is 3.19. The van der Waals surface area contributed by atoms with Crippen LogP contribution in [0, 0.1) is 5.92 Å². The minimum absolute atomic E-state index is 0.0153. The number of rotatable bonds is 3. The smallest absolute Gasteiger partial charge is 0.224 e. The van der Waals surface area contributed by atoms with E-state index in [0.717, 1.165) is 17.9 Å². The second-order valence-corrected chi connectivity index (χ2v) is 5.24. The monoisotopic (exact) mass is 203 g/mol. The molecule has 0 spiro atoms. The SMILES string of the molecule is CC(C)(CO)NC(=O)C1CCSC1. The molecule has 3 nitrogen and oxygen atoms in total. The van der Waals surface area contributed by atoms with Crippen LogP contribution < -0.4 is 5.32 Å². The first-order valence-corrected chi connectivity index (χ1v) is 5.71. The maximum atomic E-state index is 11.6. The lowest BCUT2D eigenvalue weighted by Crippen LogP contribution is -2.48. The average molecular weight is 203 g/mol. The van der Waals surface area contributed by atoms with Crippen molar-refractivity contribution in [3.8, 4) is 0 Å². The first-order valence-electron chi connectivity index (χ1n) is 4.56. The number of carbonyl (C=O) groups is 1. The topological polar surface area (TPSA) is 49.3 Å². The Morgan fingerprint density at radius 3 is 2.85 bits per heavy atom. The van der Waals surface area contributed by atoms with Crippen molar-refractivity contribution >= 4 is 17.7 Å². The zero-order chi connectivity index (χ0) is 9.90. The molecular weight excluding hydrogens is 186 g/mol. The lowest BCUT2D eigenvalue weighted by Gasteiger charge is -2.25. The first-order chi connectivity index (χ1) is 6.05. The van der Waals surface area contributed by atoms with Gasteiger partial charge in [-0.05, 0) is 26.0 Å². The highest BCUT2D eigenvalue weighted by Gasteiger charge is 2.27. The Morgan fingerprint density at radius 2 is 2.38 bits per heavy atom. The Morgan fingerprint density at radius 1 is 1.69 bits per heavy atom. The molecule has 2 N–H and O–H groups in total.